The van der Waals surface area contributed by atoms with Crippen LogP contribution in [0.2, 0.25) is 0 Å². The van der Waals surface area contributed by atoms with Crippen molar-refractivity contribution in [1.29, 1.82) is 0 Å². The quantitative estimate of drug-likeness (QED) is 0.866. The van der Waals surface area contributed by atoms with Gasteiger partial charge in [0.05, 0.1) is 12.1 Å². The highest BCUT2D eigenvalue weighted by Gasteiger charge is 2.27. The van der Waals surface area contributed by atoms with Crippen molar-refractivity contribution in [3.05, 3.63) is 54.6 Å². The number of hydrogen-bond donors (Lipinski definition) is 0. The van der Waals surface area contributed by atoms with Crippen LogP contribution in [0.1, 0.15) is 12.6 Å². The van der Waals surface area contributed by atoms with Gasteiger partial charge >= 0.3 is 0 Å². The minimum Gasteiger partial charge on any atom is -0.368 e. The highest BCUT2D eigenvalue weighted by atomic mass is 16.2. The summed E-state index contributed by atoms with van der Waals surface area (Å²) in [6.45, 7) is 4.57. The molecular formula is C17H20N4O. The fourth-order valence-corrected chi connectivity index (χ4v) is 2.88. The third-order valence-electron chi connectivity index (χ3n) is 4.02. The third kappa shape index (κ3) is 3.24. The molecule has 2 aromatic rings. The first kappa shape index (κ1) is 14.5. The number of aromatic nitrogens is 2. The van der Waals surface area contributed by atoms with Crippen LogP contribution < -0.4 is 4.90 Å². The Morgan fingerprint density at radius 2 is 2.05 bits per heavy atom. The van der Waals surface area contributed by atoms with Gasteiger partial charge in [0.2, 0.25) is 5.91 Å². The molecule has 0 bridgehead atoms. The number of carbonyl (C=O) groups is 1. The molecule has 0 saturated carbocycles. The number of carbonyl (C=O) groups excluding carboxylic acids is 1. The molecule has 3 rings (SSSR count). The number of nitrogens with zero attached hydrogens (tertiary/aromatic N) is 4. The minimum absolute atomic E-state index is 0.126. The van der Waals surface area contributed by atoms with Crippen molar-refractivity contribution in [3.63, 3.8) is 0 Å². The molecule has 0 spiro atoms. The van der Waals surface area contributed by atoms with Gasteiger partial charge in [-0.2, -0.15) is 0 Å². The smallest absolute Gasteiger partial charge is 0.229 e. The van der Waals surface area contributed by atoms with Crippen LogP contribution in [-0.4, -0.2) is 46.5 Å². The zero-order valence-corrected chi connectivity index (χ0v) is 12.7. The standard InChI is InChI=1S/C17H20N4O/c1-14-13-20(16-5-3-2-4-6-16)9-10-21(14)17(22)11-15-12-18-7-8-19-15/h2-8,12,14H,9-11,13H2,1H3/t14-/m0/s1. The molecule has 2 heterocycles. The van der Waals surface area contributed by atoms with Crippen molar-refractivity contribution in [2.24, 2.45) is 0 Å². The summed E-state index contributed by atoms with van der Waals surface area (Å²) in [6, 6.07) is 10.5. The molecule has 0 N–H and O–H groups in total. The van der Waals surface area contributed by atoms with Gasteiger partial charge in [-0.3, -0.25) is 14.8 Å². The van der Waals surface area contributed by atoms with Crippen LogP contribution in [0.5, 0.6) is 0 Å². The maximum Gasteiger partial charge on any atom is 0.229 e. The number of piperazine rings is 1. The van der Waals surface area contributed by atoms with Crippen molar-refractivity contribution in [2.75, 3.05) is 24.5 Å². The second kappa shape index (κ2) is 6.56. The summed E-state index contributed by atoms with van der Waals surface area (Å²) < 4.78 is 0. The monoisotopic (exact) mass is 296 g/mol. The number of anilines is 1. The average molecular weight is 296 g/mol. The number of amides is 1. The highest BCUT2D eigenvalue weighted by Crippen LogP contribution is 2.19. The molecule has 0 radical (unpaired) electrons. The molecule has 5 heteroatoms. The Bertz CT molecular complexity index is 617. The van der Waals surface area contributed by atoms with Gasteiger partial charge in [0, 0.05) is 50.0 Å². The van der Waals surface area contributed by atoms with E-state index in [0.29, 0.717) is 6.42 Å². The average Bonchev–Trinajstić information content (AvgIpc) is 2.56. The Hall–Kier alpha value is -2.43. The van der Waals surface area contributed by atoms with Gasteiger partial charge in [-0.15, -0.1) is 0 Å². The summed E-state index contributed by atoms with van der Waals surface area (Å²) in [7, 11) is 0. The van der Waals surface area contributed by atoms with Gasteiger partial charge in [0.15, 0.2) is 0 Å². The molecule has 1 aromatic heterocycles. The first-order chi connectivity index (χ1) is 10.7. The van der Waals surface area contributed by atoms with Crippen LogP contribution in [0.4, 0.5) is 5.69 Å². The van der Waals surface area contributed by atoms with Gasteiger partial charge in [0.25, 0.3) is 0 Å². The Balaban J connectivity index is 1.62. The van der Waals surface area contributed by atoms with E-state index in [0.717, 1.165) is 25.3 Å². The highest BCUT2D eigenvalue weighted by molar-refractivity contribution is 5.79. The van der Waals surface area contributed by atoms with Gasteiger partial charge < -0.3 is 9.80 Å². The number of hydrogen-bond acceptors (Lipinski definition) is 4. The third-order valence-corrected chi connectivity index (χ3v) is 4.02. The summed E-state index contributed by atoms with van der Waals surface area (Å²) in [5.41, 5.74) is 1.94. The van der Waals surface area contributed by atoms with E-state index in [2.05, 4.69) is 33.9 Å². The van der Waals surface area contributed by atoms with Crippen LogP contribution >= 0.6 is 0 Å². The maximum absolute atomic E-state index is 12.5. The predicted molar refractivity (Wildman–Crippen MR) is 85.6 cm³/mol. The second-order valence-corrected chi connectivity index (χ2v) is 5.59. The fraction of sp³-hybridized carbons (Fsp3) is 0.353. The topological polar surface area (TPSA) is 49.3 Å². The summed E-state index contributed by atoms with van der Waals surface area (Å²) >= 11 is 0. The second-order valence-electron chi connectivity index (χ2n) is 5.59. The molecule has 1 saturated heterocycles. The van der Waals surface area contributed by atoms with Crippen LogP contribution in [0, 0.1) is 0 Å². The maximum atomic E-state index is 12.5. The number of benzene rings is 1. The molecule has 1 aromatic carbocycles. The van der Waals surface area contributed by atoms with Gasteiger partial charge in [-0.1, -0.05) is 18.2 Å². The lowest BCUT2D eigenvalue weighted by Crippen LogP contribution is -2.54. The van der Waals surface area contributed by atoms with Crippen LogP contribution in [-0.2, 0) is 11.2 Å². The molecule has 1 aliphatic rings. The largest absolute Gasteiger partial charge is 0.368 e. The molecule has 22 heavy (non-hydrogen) atoms. The molecule has 114 valence electrons. The SMILES string of the molecule is C[C@H]1CN(c2ccccc2)CCN1C(=O)Cc1cnccn1. The Labute approximate surface area is 130 Å². The zero-order valence-electron chi connectivity index (χ0n) is 12.7. The van der Waals surface area contributed by atoms with E-state index >= 15 is 0 Å². The summed E-state index contributed by atoms with van der Waals surface area (Å²) in [4.78, 5) is 24.9. The molecule has 0 unspecified atom stereocenters. The molecule has 1 amide bonds. The van der Waals surface area contributed by atoms with E-state index in [-0.39, 0.29) is 11.9 Å². The van der Waals surface area contributed by atoms with Crippen molar-refractivity contribution in [3.8, 4) is 0 Å². The molecule has 1 fully saturated rings. The van der Waals surface area contributed by atoms with E-state index in [1.807, 2.05) is 23.1 Å². The predicted octanol–water partition coefficient (Wildman–Crippen LogP) is 1.76. The molecule has 1 atom stereocenters. The van der Waals surface area contributed by atoms with Crippen molar-refractivity contribution >= 4 is 11.6 Å². The Morgan fingerprint density at radius 3 is 2.73 bits per heavy atom. The Morgan fingerprint density at radius 1 is 1.23 bits per heavy atom. The molecule has 5 nitrogen and oxygen atoms in total. The van der Waals surface area contributed by atoms with Gasteiger partial charge in [0.1, 0.15) is 0 Å². The van der Waals surface area contributed by atoms with Crippen LogP contribution in [0.15, 0.2) is 48.9 Å². The lowest BCUT2D eigenvalue weighted by atomic mass is 10.1. The normalized spacial score (nSPS) is 18.3. The Kier molecular flexibility index (Phi) is 4.32. The minimum atomic E-state index is 0.126. The lowest BCUT2D eigenvalue weighted by Gasteiger charge is -2.41. The summed E-state index contributed by atoms with van der Waals surface area (Å²) in [6.07, 6.45) is 5.22. The number of rotatable bonds is 3. The molecular weight excluding hydrogens is 276 g/mol. The summed E-state index contributed by atoms with van der Waals surface area (Å²) in [5.74, 6) is 0.126. The van der Waals surface area contributed by atoms with Crippen molar-refractivity contribution in [2.45, 2.75) is 19.4 Å². The van der Waals surface area contributed by atoms with E-state index in [1.54, 1.807) is 18.6 Å². The van der Waals surface area contributed by atoms with Crippen LogP contribution in [0.25, 0.3) is 0 Å². The first-order valence-corrected chi connectivity index (χ1v) is 7.58. The molecule has 1 aliphatic heterocycles. The first-order valence-electron chi connectivity index (χ1n) is 7.58. The van der Waals surface area contributed by atoms with Crippen molar-refractivity contribution < 1.29 is 4.79 Å². The van der Waals surface area contributed by atoms with E-state index in [4.69, 9.17) is 0 Å². The van der Waals surface area contributed by atoms with Crippen LogP contribution in [0.3, 0.4) is 0 Å². The van der Waals surface area contributed by atoms with Gasteiger partial charge in [-0.25, -0.2) is 0 Å². The van der Waals surface area contributed by atoms with E-state index < -0.39 is 0 Å². The van der Waals surface area contributed by atoms with Crippen molar-refractivity contribution in [1.82, 2.24) is 14.9 Å². The van der Waals surface area contributed by atoms with Gasteiger partial charge in [-0.05, 0) is 19.1 Å². The van der Waals surface area contributed by atoms with E-state index in [1.165, 1.54) is 5.69 Å². The fourth-order valence-electron chi connectivity index (χ4n) is 2.88. The summed E-state index contributed by atoms with van der Waals surface area (Å²) in [5, 5.41) is 0. The molecule has 0 aliphatic carbocycles. The van der Waals surface area contributed by atoms with E-state index in [9.17, 15) is 4.79 Å². The zero-order chi connectivity index (χ0) is 15.4. The lowest BCUT2D eigenvalue weighted by molar-refractivity contribution is -0.132. The number of para-hydroxylation sites is 1.